The van der Waals surface area contributed by atoms with Crippen LogP contribution in [0.3, 0.4) is 0 Å². The summed E-state index contributed by atoms with van der Waals surface area (Å²) in [6.07, 6.45) is -2.71. The molecule has 0 spiro atoms. The van der Waals surface area contributed by atoms with Crippen molar-refractivity contribution in [2.24, 2.45) is 0 Å². The number of ether oxygens (including phenoxy) is 1. The lowest BCUT2D eigenvalue weighted by atomic mass is 10.2. The van der Waals surface area contributed by atoms with Crippen LogP contribution < -0.4 is 14.8 Å². The van der Waals surface area contributed by atoms with Gasteiger partial charge in [0.1, 0.15) is 12.3 Å². The van der Waals surface area contributed by atoms with E-state index in [-0.39, 0.29) is 4.90 Å². The number of sulfonamides is 1. The molecule has 0 bridgehead atoms. The Kier molecular flexibility index (Phi) is 7.63. The molecule has 0 aliphatic carbocycles. The first-order valence-corrected chi connectivity index (χ1v) is 10.3. The predicted octanol–water partition coefficient (Wildman–Crippen LogP) is 3.96. The average Bonchev–Trinajstić information content (AvgIpc) is 2.67. The van der Waals surface area contributed by atoms with Gasteiger partial charge in [-0.25, -0.2) is 13.1 Å². The quantitative estimate of drug-likeness (QED) is 0.590. The Labute approximate surface area is 167 Å². The van der Waals surface area contributed by atoms with Crippen molar-refractivity contribution in [2.45, 2.75) is 30.8 Å². The molecule has 2 rings (SSSR count). The summed E-state index contributed by atoms with van der Waals surface area (Å²) in [6.45, 7) is 0.985. The van der Waals surface area contributed by atoms with Crippen molar-refractivity contribution < 1.29 is 31.1 Å². The van der Waals surface area contributed by atoms with E-state index < -0.39 is 28.7 Å². The van der Waals surface area contributed by atoms with Gasteiger partial charge in [-0.1, -0.05) is 13.3 Å². The van der Waals surface area contributed by atoms with Crippen LogP contribution in [0.15, 0.2) is 53.4 Å². The van der Waals surface area contributed by atoms with Gasteiger partial charge in [0.15, 0.2) is 0 Å². The molecule has 0 saturated carbocycles. The maximum Gasteiger partial charge on any atom is 0.402 e. The third kappa shape index (κ3) is 7.39. The summed E-state index contributed by atoms with van der Waals surface area (Å²) in [5, 5.41) is 2.59. The molecule has 158 valence electrons. The van der Waals surface area contributed by atoms with Gasteiger partial charge in [-0.15, -0.1) is 0 Å². The number of carbonyl (C=O) groups excluding carboxylic acids is 1. The second-order valence-corrected chi connectivity index (χ2v) is 7.91. The van der Waals surface area contributed by atoms with E-state index in [0.717, 1.165) is 25.0 Å². The molecule has 0 aliphatic heterocycles. The number of carbonyl (C=O) groups is 1. The van der Waals surface area contributed by atoms with Crippen molar-refractivity contribution in [3.63, 3.8) is 0 Å². The second-order valence-electron chi connectivity index (χ2n) is 6.14. The summed E-state index contributed by atoms with van der Waals surface area (Å²) < 4.78 is 67.3. The topological polar surface area (TPSA) is 84.5 Å². The number of unbranched alkanes of at least 4 members (excludes halogenated alkanes) is 1. The van der Waals surface area contributed by atoms with Crippen LogP contribution in [0.5, 0.6) is 5.75 Å². The summed E-state index contributed by atoms with van der Waals surface area (Å²) in [5.41, 5.74) is 0.671. The van der Waals surface area contributed by atoms with Crippen LogP contribution in [0.1, 0.15) is 30.1 Å². The molecule has 29 heavy (non-hydrogen) atoms. The van der Waals surface area contributed by atoms with Crippen LogP contribution in [-0.2, 0) is 10.0 Å². The number of hydrogen-bond acceptors (Lipinski definition) is 4. The Balaban J connectivity index is 1.97. The molecule has 0 aromatic heterocycles. The number of benzene rings is 2. The van der Waals surface area contributed by atoms with Gasteiger partial charge in [0.05, 0.1) is 11.5 Å². The lowest BCUT2D eigenvalue weighted by molar-refractivity contribution is -0.121. The molecule has 2 aromatic carbocycles. The summed E-state index contributed by atoms with van der Waals surface area (Å²) in [4.78, 5) is 11.9. The number of hydrogen-bond donors (Lipinski definition) is 2. The largest absolute Gasteiger partial charge is 0.494 e. The normalized spacial score (nSPS) is 11.9. The van der Waals surface area contributed by atoms with Gasteiger partial charge >= 0.3 is 6.18 Å². The lowest BCUT2D eigenvalue weighted by Crippen LogP contribution is -2.33. The molecule has 6 nitrogen and oxygen atoms in total. The van der Waals surface area contributed by atoms with Crippen molar-refractivity contribution in [3.8, 4) is 5.75 Å². The average molecular weight is 430 g/mol. The lowest BCUT2D eigenvalue weighted by Gasteiger charge is -2.10. The van der Waals surface area contributed by atoms with E-state index in [1.807, 2.05) is 0 Å². The van der Waals surface area contributed by atoms with Crippen molar-refractivity contribution in [1.82, 2.24) is 4.72 Å². The number of halogens is 3. The maximum absolute atomic E-state index is 12.3. The fourth-order valence-electron chi connectivity index (χ4n) is 2.22. The van der Waals surface area contributed by atoms with E-state index in [2.05, 4.69) is 12.2 Å². The van der Waals surface area contributed by atoms with E-state index in [1.165, 1.54) is 16.9 Å². The summed E-state index contributed by atoms with van der Waals surface area (Å²) in [7, 11) is -4.30. The van der Waals surface area contributed by atoms with Crippen LogP contribution in [0.4, 0.5) is 18.9 Å². The van der Waals surface area contributed by atoms with Crippen LogP contribution in [0.25, 0.3) is 0 Å². The van der Waals surface area contributed by atoms with Gasteiger partial charge in [-0.05, 0) is 55.0 Å². The van der Waals surface area contributed by atoms with Gasteiger partial charge in [-0.3, -0.25) is 4.79 Å². The Morgan fingerprint density at radius 2 is 1.66 bits per heavy atom. The van der Waals surface area contributed by atoms with Gasteiger partial charge < -0.3 is 10.1 Å². The Morgan fingerprint density at radius 1 is 1.03 bits per heavy atom. The highest BCUT2D eigenvalue weighted by atomic mass is 32.2. The fourth-order valence-corrected chi connectivity index (χ4v) is 3.23. The molecule has 10 heteroatoms. The van der Waals surface area contributed by atoms with Crippen LogP contribution >= 0.6 is 0 Å². The molecule has 0 saturated heterocycles. The first-order valence-electron chi connectivity index (χ1n) is 8.81. The highest BCUT2D eigenvalue weighted by Gasteiger charge is 2.30. The van der Waals surface area contributed by atoms with E-state index in [9.17, 15) is 26.4 Å². The van der Waals surface area contributed by atoms with Crippen LogP contribution in [0.2, 0.25) is 0 Å². The maximum atomic E-state index is 12.3. The molecular formula is C19H21F3N2O4S. The second kappa shape index (κ2) is 9.75. The molecule has 0 unspecified atom stereocenters. The first kappa shape index (κ1) is 22.7. The van der Waals surface area contributed by atoms with E-state index in [1.54, 1.807) is 24.3 Å². The number of rotatable bonds is 9. The fraction of sp³-hybridized carbons (Fsp3) is 0.316. The standard InChI is InChI=1S/C19H21F3N2O4S/c1-2-3-12-28-16-8-4-14(5-9-16)18(25)24-15-6-10-17(11-7-15)29(26,27)23-13-19(20,21)22/h4-11,23H,2-3,12-13H2,1H3,(H,24,25). The number of amides is 1. The SMILES string of the molecule is CCCCOc1ccc(C(=O)Nc2ccc(S(=O)(=O)NCC(F)(F)F)cc2)cc1. The molecular weight excluding hydrogens is 409 g/mol. The summed E-state index contributed by atoms with van der Waals surface area (Å²) in [6, 6.07) is 11.3. The molecule has 0 radical (unpaired) electrons. The predicted molar refractivity (Wildman–Crippen MR) is 102 cm³/mol. The summed E-state index contributed by atoms with van der Waals surface area (Å²) in [5.74, 6) is 0.229. The van der Waals surface area contributed by atoms with Gasteiger partial charge in [0, 0.05) is 11.3 Å². The summed E-state index contributed by atoms with van der Waals surface area (Å²) >= 11 is 0. The zero-order chi connectivity index (χ0) is 21.5. The monoisotopic (exact) mass is 430 g/mol. The number of nitrogens with one attached hydrogen (secondary N) is 2. The Hall–Kier alpha value is -2.59. The third-order valence-corrected chi connectivity index (χ3v) is 5.19. The molecule has 0 atom stereocenters. The van der Waals surface area contributed by atoms with Gasteiger partial charge in [0.25, 0.3) is 5.91 Å². The van der Waals surface area contributed by atoms with E-state index in [0.29, 0.717) is 23.6 Å². The molecule has 0 heterocycles. The number of alkyl halides is 3. The van der Waals surface area contributed by atoms with Crippen LogP contribution in [-0.4, -0.2) is 33.7 Å². The van der Waals surface area contributed by atoms with E-state index >= 15 is 0 Å². The zero-order valence-corrected chi connectivity index (χ0v) is 16.4. The minimum atomic E-state index is -4.66. The molecule has 2 N–H and O–H groups in total. The molecule has 0 aliphatic rings. The highest BCUT2D eigenvalue weighted by Crippen LogP contribution is 2.18. The van der Waals surface area contributed by atoms with Gasteiger partial charge in [-0.2, -0.15) is 13.2 Å². The molecule has 0 fully saturated rings. The van der Waals surface area contributed by atoms with Crippen molar-refractivity contribution in [2.75, 3.05) is 18.5 Å². The third-order valence-electron chi connectivity index (χ3n) is 3.77. The van der Waals surface area contributed by atoms with Crippen molar-refractivity contribution in [1.29, 1.82) is 0 Å². The van der Waals surface area contributed by atoms with Crippen LogP contribution in [0, 0.1) is 0 Å². The number of anilines is 1. The minimum absolute atomic E-state index is 0.299. The highest BCUT2D eigenvalue weighted by molar-refractivity contribution is 7.89. The van der Waals surface area contributed by atoms with Crippen molar-refractivity contribution in [3.05, 3.63) is 54.1 Å². The molecule has 1 amide bonds. The van der Waals surface area contributed by atoms with Gasteiger partial charge in [0.2, 0.25) is 10.0 Å². The minimum Gasteiger partial charge on any atom is -0.494 e. The smallest absolute Gasteiger partial charge is 0.402 e. The Bertz CT molecular complexity index is 912. The molecule has 2 aromatic rings. The Morgan fingerprint density at radius 3 is 2.21 bits per heavy atom. The first-order chi connectivity index (χ1) is 13.6. The van der Waals surface area contributed by atoms with Crippen molar-refractivity contribution >= 4 is 21.6 Å². The zero-order valence-electron chi connectivity index (χ0n) is 15.6. The van der Waals surface area contributed by atoms with E-state index in [4.69, 9.17) is 4.74 Å².